The molecule has 4 heteroatoms. The molecule has 0 aromatic carbocycles. The Balaban J connectivity index is 3.15. The van der Waals surface area contributed by atoms with Crippen molar-refractivity contribution >= 4 is 40.8 Å². The highest BCUT2D eigenvalue weighted by Gasteiger charge is 2.03. The standard InChI is InChI=1S/C5HCl2OS/c6-4-1-3(2-8)5(7)9-4/h1H. The SMILES string of the molecule is O=[C]c1cc(Cl)sc1Cl. The van der Waals surface area contributed by atoms with E-state index in [0.29, 0.717) is 14.2 Å². The molecule has 0 aliphatic rings. The van der Waals surface area contributed by atoms with Crippen molar-refractivity contribution in [2.45, 2.75) is 0 Å². The molecule has 0 aliphatic heterocycles. The Morgan fingerprint density at radius 1 is 1.56 bits per heavy atom. The van der Waals surface area contributed by atoms with E-state index in [2.05, 4.69) is 0 Å². The second kappa shape index (κ2) is 2.69. The Morgan fingerprint density at radius 2 is 2.22 bits per heavy atom. The van der Waals surface area contributed by atoms with Gasteiger partial charge in [0, 0.05) is 0 Å². The highest BCUT2D eigenvalue weighted by Crippen LogP contribution is 2.29. The fraction of sp³-hybridized carbons (Fsp3) is 0. The molecule has 1 radical (unpaired) electrons. The van der Waals surface area contributed by atoms with Crippen LogP contribution in [0.2, 0.25) is 8.67 Å². The molecule has 0 spiro atoms. The molecule has 0 atom stereocenters. The van der Waals surface area contributed by atoms with Crippen molar-refractivity contribution in [3.8, 4) is 0 Å². The van der Waals surface area contributed by atoms with E-state index in [-0.39, 0.29) is 0 Å². The zero-order chi connectivity index (χ0) is 6.85. The molecule has 0 unspecified atom stereocenters. The normalized spacial score (nSPS) is 9.56. The maximum atomic E-state index is 9.98. The first kappa shape index (κ1) is 7.06. The molecule has 1 rings (SSSR count). The number of carbonyl (C=O) groups excluding carboxylic acids is 1. The highest BCUT2D eigenvalue weighted by atomic mass is 35.5. The summed E-state index contributed by atoms with van der Waals surface area (Å²) in [6.07, 6.45) is 1.66. The molecule has 0 bridgehead atoms. The Kier molecular flexibility index (Phi) is 2.11. The van der Waals surface area contributed by atoms with Gasteiger partial charge >= 0.3 is 0 Å². The van der Waals surface area contributed by atoms with Crippen LogP contribution >= 0.6 is 34.5 Å². The van der Waals surface area contributed by atoms with E-state index in [1.54, 1.807) is 6.29 Å². The van der Waals surface area contributed by atoms with Crippen molar-refractivity contribution in [2.24, 2.45) is 0 Å². The third-order valence-electron chi connectivity index (χ3n) is 0.767. The first-order valence-corrected chi connectivity index (χ1v) is 3.64. The molecule has 1 aromatic rings. The van der Waals surface area contributed by atoms with E-state index in [4.69, 9.17) is 23.2 Å². The van der Waals surface area contributed by atoms with Crippen molar-refractivity contribution in [1.29, 1.82) is 0 Å². The molecule has 0 fully saturated rings. The fourth-order valence-electron chi connectivity index (χ4n) is 0.410. The number of rotatable bonds is 1. The van der Waals surface area contributed by atoms with Crippen molar-refractivity contribution in [1.82, 2.24) is 0 Å². The molecule has 9 heavy (non-hydrogen) atoms. The fourth-order valence-corrected chi connectivity index (χ4v) is 1.77. The molecule has 0 amide bonds. The minimum absolute atomic E-state index is 0.340. The lowest BCUT2D eigenvalue weighted by atomic mass is 10.4. The molecule has 0 saturated heterocycles. The zero-order valence-electron chi connectivity index (χ0n) is 4.15. The molecule has 1 heterocycles. The zero-order valence-corrected chi connectivity index (χ0v) is 6.48. The van der Waals surface area contributed by atoms with Gasteiger partial charge in [-0.2, -0.15) is 0 Å². The Labute approximate surface area is 66.2 Å². The summed E-state index contributed by atoms with van der Waals surface area (Å²) in [6, 6.07) is 1.49. The van der Waals surface area contributed by atoms with Crippen LogP contribution in [0.5, 0.6) is 0 Å². The van der Waals surface area contributed by atoms with Crippen LogP contribution in [0, 0.1) is 0 Å². The maximum absolute atomic E-state index is 9.98. The van der Waals surface area contributed by atoms with Crippen molar-refractivity contribution in [2.75, 3.05) is 0 Å². The molecule has 1 aromatic heterocycles. The smallest absolute Gasteiger partial charge is 0.236 e. The van der Waals surface area contributed by atoms with Gasteiger partial charge in [-0.15, -0.1) is 11.3 Å². The van der Waals surface area contributed by atoms with E-state index in [0.717, 1.165) is 11.3 Å². The van der Waals surface area contributed by atoms with Crippen LogP contribution in [0.1, 0.15) is 5.56 Å². The van der Waals surface area contributed by atoms with E-state index >= 15 is 0 Å². The monoisotopic (exact) mass is 179 g/mol. The topological polar surface area (TPSA) is 17.1 Å². The van der Waals surface area contributed by atoms with Gasteiger partial charge in [0.25, 0.3) is 0 Å². The summed E-state index contributed by atoms with van der Waals surface area (Å²) in [5.41, 5.74) is 0.340. The number of halogens is 2. The minimum atomic E-state index is 0.340. The lowest BCUT2D eigenvalue weighted by molar-refractivity contribution is 0.563. The van der Waals surface area contributed by atoms with Gasteiger partial charge < -0.3 is 0 Å². The Bertz CT molecular complexity index is 231. The van der Waals surface area contributed by atoms with E-state index < -0.39 is 0 Å². The summed E-state index contributed by atoms with van der Waals surface area (Å²) in [4.78, 5) is 9.98. The predicted molar refractivity (Wildman–Crippen MR) is 39.1 cm³/mol. The molecular weight excluding hydrogens is 179 g/mol. The minimum Gasteiger partial charge on any atom is -0.285 e. The van der Waals surface area contributed by atoms with Gasteiger partial charge in [-0.05, 0) is 6.07 Å². The summed E-state index contributed by atoms with van der Waals surface area (Å²) < 4.78 is 0.911. The molecule has 0 saturated carbocycles. The summed E-state index contributed by atoms with van der Waals surface area (Å²) in [7, 11) is 0. The highest BCUT2D eigenvalue weighted by molar-refractivity contribution is 7.20. The number of hydrogen-bond donors (Lipinski definition) is 0. The average molecular weight is 180 g/mol. The van der Waals surface area contributed by atoms with Crippen LogP contribution in [0.3, 0.4) is 0 Å². The third kappa shape index (κ3) is 1.45. The summed E-state index contributed by atoms with van der Waals surface area (Å²) >= 11 is 12.2. The Hall–Kier alpha value is -0.0500. The first-order chi connectivity index (χ1) is 4.24. The second-order valence-corrected chi connectivity index (χ2v) is 3.63. The van der Waals surface area contributed by atoms with Crippen molar-refractivity contribution in [3.05, 3.63) is 20.3 Å². The van der Waals surface area contributed by atoms with E-state index in [1.165, 1.54) is 6.07 Å². The van der Waals surface area contributed by atoms with Crippen LogP contribution < -0.4 is 0 Å². The van der Waals surface area contributed by atoms with Crippen LogP contribution in [-0.2, 0) is 4.79 Å². The first-order valence-electron chi connectivity index (χ1n) is 2.07. The van der Waals surface area contributed by atoms with E-state index in [9.17, 15) is 4.79 Å². The van der Waals surface area contributed by atoms with Gasteiger partial charge in [0.2, 0.25) is 6.29 Å². The van der Waals surface area contributed by atoms with Crippen LogP contribution in [0.4, 0.5) is 0 Å². The van der Waals surface area contributed by atoms with Crippen LogP contribution in [0.15, 0.2) is 6.07 Å². The van der Waals surface area contributed by atoms with Gasteiger partial charge in [-0.3, -0.25) is 4.79 Å². The van der Waals surface area contributed by atoms with Crippen molar-refractivity contribution < 1.29 is 4.79 Å². The quantitative estimate of drug-likeness (QED) is 0.648. The van der Waals surface area contributed by atoms with Crippen molar-refractivity contribution in [3.63, 3.8) is 0 Å². The maximum Gasteiger partial charge on any atom is 0.236 e. The number of hydrogen-bond acceptors (Lipinski definition) is 2. The molecule has 47 valence electrons. The van der Waals surface area contributed by atoms with Gasteiger partial charge in [-0.25, -0.2) is 0 Å². The van der Waals surface area contributed by atoms with Crippen LogP contribution in [0.25, 0.3) is 0 Å². The summed E-state index contributed by atoms with van der Waals surface area (Å²) in [6.45, 7) is 0. The number of thiophene rings is 1. The van der Waals surface area contributed by atoms with E-state index in [1.807, 2.05) is 0 Å². The van der Waals surface area contributed by atoms with Gasteiger partial charge in [-0.1, -0.05) is 23.2 Å². The summed E-state index contributed by atoms with van der Waals surface area (Å²) in [5.74, 6) is 0. The Morgan fingerprint density at radius 3 is 2.44 bits per heavy atom. The molecule has 0 aliphatic carbocycles. The lowest BCUT2D eigenvalue weighted by Crippen LogP contribution is -1.70. The van der Waals surface area contributed by atoms with Gasteiger partial charge in [0.15, 0.2) is 0 Å². The lowest BCUT2D eigenvalue weighted by Gasteiger charge is -1.74. The average Bonchev–Trinajstić information content (AvgIpc) is 2.10. The predicted octanol–water partition coefficient (Wildman–Crippen LogP) is 2.51. The second-order valence-electron chi connectivity index (χ2n) is 1.34. The van der Waals surface area contributed by atoms with Gasteiger partial charge in [0.05, 0.1) is 9.90 Å². The van der Waals surface area contributed by atoms with Gasteiger partial charge in [0.1, 0.15) is 4.34 Å². The molecule has 0 N–H and O–H groups in total. The van der Waals surface area contributed by atoms with Crippen LogP contribution in [-0.4, -0.2) is 6.29 Å². The third-order valence-corrected chi connectivity index (χ3v) is 2.25. The largest absolute Gasteiger partial charge is 0.285 e. The molecular formula is C5HCl2OS. The summed E-state index contributed by atoms with van der Waals surface area (Å²) in [5, 5.41) is 0. The molecule has 1 nitrogen and oxygen atoms in total.